The van der Waals surface area contributed by atoms with Gasteiger partial charge in [0.2, 0.25) is 0 Å². The third kappa shape index (κ3) is 10.3. The van der Waals surface area contributed by atoms with Crippen LogP contribution < -0.4 is 5.32 Å². The highest BCUT2D eigenvalue weighted by atomic mass is 32.2. The second kappa shape index (κ2) is 11.9. The van der Waals surface area contributed by atoms with Crippen LogP contribution in [0.25, 0.3) is 0 Å². The predicted molar refractivity (Wildman–Crippen MR) is 112 cm³/mol. The number of thioether (sulfide) groups is 1. The Hall–Kier alpha value is -1.67. The Morgan fingerprint density at radius 2 is 2.11 bits per heavy atom. The van der Waals surface area contributed by atoms with Gasteiger partial charge in [0.25, 0.3) is 0 Å². The molecule has 1 aromatic heterocycles. The highest BCUT2D eigenvalue weighted by molar-refractivity contribution is 8.02. The summed E-state index contributed by atoms with van der Waals surface area (Å²) in [6, 6.07) is 3.96. The van der Waals surface area contributed by atoms with Crippen molar-refractivity contribution in [1.82, 2.24) is 10.2 Å². The molecule has 152 valence electrons. The summed E-state index contributed by atoms with van der Waals surface area (Å²) in [6.07, 6.45) is 4.11. The number of nitrogens with zero attached hydrogens (tertiary/aromatic N) is 1. The topological polar surface area (TPSA) is 67.9 Å². The third-order valence-electron chi connectivity index (χ3n) is 3.22. The Bertz CT molecular complexity index is 610. The maximum absolute atomic E-state index is 12.5. The number of allylic oxidation sites excluding steroid dienone is 1. The summed E-state index contributed by atoms with van der Waals surface area (Å²) in [6.45, 7) is 8.74. The first-order valence-corrected chi connectivity index (χ1v) is 11.0. The molecule has 0 aliphatic rings. The minimum Gasteiger partial charge on any atom is -0.448 e. The van der Waals surface area contributed by atoms with E-state index in [-0.39, 0.29) is 13.2 Å². The number of carbonyl (C=O) groups is 2. The standard InChI is InChI=1S/C19H30N2O4S2/c1-6-8-15(26-5)13-21(14-16-9-7-12-27-16)18(23)24-11-10-20-17(22)25-19(2,3)4/h7-9,12H,6,10-11,13-14H2,1-5H3,(H,20,22)/b15-8-. The molecule has 0 aliphatic carbocycles. The molecule has 0 fully saturated rings. The van der Waals surface area contributed by atoms with Crippen molar-refractivity contribution in [2.24, 2.45) is 0 Å². The van der Waals surface area contributed by atoms with Crippen molar-refractivity contribution >= 4 is 35.3 Å². The van der Waals surface area contributed by atoms with Crippen LogP contribution in [0.5, 0.6) is 0 Å². The number of thiophene rings is 1. The van der Waals surface area contributed by atoms with Crippen LogP contribution in [-0.2, 0) is 16.0 Å². The van der Waals surface area contributed by atoms with Crippen LogP contribution in [0.1, 0.15) is 39.0 Å². The van der Waals surface area contributed by atoms with Gasteiger partial charge in [0.05, 0.1) is 19.6 Å². The van der Waals surface area contributed by atoms with Crippen LogP contribution >= 0.6 is 23.1 Å². The van der Waals surface area contributed by atoms with Crippen LogP contribution in [0.15, 0.2) is 28.5 Å². The fraction of sp³-hybridized carbons (Fsp3) is 0.579. The number of alkyl carbamates (subject to hydrolysis) is 1. The molecule has 0 spiro atoms. The van der Waals surface area contributed by atoms with E-state index in [0.29, 0.717) is 13.1 Å². The van der Waals surface area contributed by atoms with E-state index in [1.165, 1.54) is 0 Å². The van der Waals surface area contributed by atoms with Gasteiger partial charge in [-0.3, -0.25) is 4.90 Å². The SMILES string of the molecule is CC/C=C(/CN(Cc1cccs1)C(=O)OCCNC(=O)OC(C)(C)C)SC. The molecule has 1 heterocycles. The molecule has 27 heavy (non-hydrogen) atoms. The molecule has 1 rings (SSSR count). The van der Waals surface area contributed by atoms with E-state index in [4.69, 9.17) is 9.47 Å². The molecular formula is C19H30N2O4S2. The molecule has 0 unspecified atom stereocenters. The van der Waals surface area contributed by atoms with Crippen LogP contribution in [-0.4, -0.2) is 48.6 Å². The smallest absolute Gasteiger partial charge is 0.410 e. The fourth-order valence-electron chi connectivity index (χ4n) is 2.10. The molecule has 0 aromatic carbocycles. The van der Waals surface area contributed by atoms with E-state index < -0.39 is 17.8 Å². The van der Waals surface area contributed by atoms with Crippen molar-refractivity contribution in [3.63, 3.8) is 0 Å². The molecule has 1 N–H and O–H groups in total. The van der Waals surface area contributed by atoms with Crippen LogP contribution in [0.2, 0.25) is 0 Å². The first-order valence-electron chi connectivity index (χ1n) is 8.89. The zero-order valence-electron chi connectivity index (χ0n) is 16.7. The number of hydrogen-bond donors (Lipinski definition) is 1. The summed E-state index contributed by atoms with van der Waals surface area (Å²) in [5.41, 5.74) is -0.557. The Morgan fingerprint density at radius 1 is 1.37 bits per heavy atom. The number of hydrogen-bond acceptors (Lipinski definition) is 6. The van der Waals surface area contributed by atoms with E-state index in [1.54, 1.807) is 48.8 Å². The normalized spacial score (nSPS) is 11.8. The number of nitrogens with one attached hydrogen (secondary N) is 1. The zero-order chi connectivity index (χ0) is 20.3. The van der Waals surface area contributed by atoms with E-state index >= 15 is 0 Å². The van der Waals surface area contributed by atoms with Gasteiger partial charge >= 0.3 is 12.2 Å². The van der Waals surface area contributed by atoms with Gasteiger partial charge in [-0.15, -0.1) is 23.1 Å². The summed E-state index contributed by atoms with van der Waals surface area (Å²) in [7, 11) is 0. The number of rotatable bonds is 9. The van der Waals surface area contributed by atoms with Gasteiger partial charge in [-0.05, 0) is 44.9 Å². The largest absolute Gasteiger partial charge is 0.448 e. The van der Waals surface area contributed by atoms with E-state index in [2.05, 4.69) is 18.3 Å². The molecule has 1 aromatic rings. The van der Waals surface area contributed by atoms with Crippen molar-refractivity contribution in [3.8, 4) is 0 Å². The van der Waals surface area contributed by atoms with Gasteiger partial charge in [0, 0.05) is 9.78 Å². The summed E-state index contributed by atoms with van der Waals surface area (Å²) in [5.74, 6) is 0. The molecule has 0 aliphatic heterocycles. The monoisotopic (exact) mass is 414 g/mol. The lowest BCUT2D eigenvalue weighted by Crippen LogP contribution is -2.36. The van der Waals surface area contributed by atoms with Crippen molar-refractivity contribution in [2.45, 2.75) is 46.3 Å². The number of ether oxygens (including phenoxy) is 2. The maximum Gasteiger partial charge on any atom is 0.410 e. The lowest BCUT2D eigenvalue weighted by molar-refractivity contribution is 0.0503. The molecule has 0 radical (unpaired) electrons. The average Bonchev–Trinajstić information content (AvgIpc) is 3.08. The minimum absolute atomic E-state index is 0.0884. The van der Waals surface area contributed by atoms with Crippen molar-refractivity contribution in [3.05, 3.63) is 33.4 Å². The van der Waals surface area contributed by atoms with Crippen LogP contribution in [0.4, 0.5) is 9.59 Å². The Labute approximate surface area is 170 Å². The van der Waals surface area contributed by atoms with Crippen LogP contribution in [0, 0.1) is 0 Å². The van der Waals surface area contributed by atoms with E-state index in [9.17, 15) is 9.59 Å². The lowest BCUT2D eigenvalue weighted by Gasteiger charge is -2.23. The van der Waals surface area contributed by atoms with Gasteiger partial charge in [-0.2, -0.15) is 0 Å². The molecule has 8 heteroatoms. The quantitative estimate of drug-likeness (QED) is 0.584. The van der Waals surface area contributed by atoms with Crippen molar-refractivity contribution < 1.29 is 19.1 Å². The molecule has 0 atom stereocenters. The Balaban J connectivity index is 2.55. The summed E-state index contributed by atoms with van der Waals surface area (Å²) >= 11 is 3.24. The lowest BCUT2D eigenvalue weighted by atomic mass is 10.2. The van der Waals surface area contributed by atoms with Gasteiger partial charge in [-0.25, -0.2) is 9.59 Å². The second-order valence-electron chi connectivity index (χ2n) is 6.76. The van der Waals surface area contributed by atoms with Gasteiger partial charge < -0.3 is 14.8 Å². The highest BCUT2D eigenvalue weighted by Crippen LogP contribution is 2.19. The number of amides is 2. The molecular weight excluding hydrogens is 384 g/mol. The number of carbonyl (C=O) groups excluding carboxylic acids is 2. The van der Waals surface area contributed by atoms with Crippen LogP contribution in [0.3, 0.4) is 0 Å². The molecule has 0 saturated heterocycles. The first kappa shape index (κ1) is 23.4. The van der Waals surface area contributed by atoms with E-state index in [1.807, 2.05) is 23.8 Å². The van der Waals surface area contributed by atoms with Crippen molar-refractivity contribution in [1.29, 1.82) is 0 Å². The van der Waals surface area contributed by atoms with Gasteiger partial charge in [0.15, 0.2) is 0 Å². The first-order chi connectivity index (χ1) is 12.7. The Kier molecular flexibility index (Phi) is 10.3. The maximum atomic E-state index is 12.5. The molecule has 2 amide bonds. The van der Waals surface area contributed by atoms with Gasteiger partial charge in [-0.1, -0.05) is 19.1 Å². The molecule has 0 bridgehead atoms. The summed E-state index contributed by atoms with van der Waals surface area (Å²) in [4.78, 5) is 28.0. The Morgan fingerprint density at radius 3 is 2.67 bits per heavy atom. The fourth-order valence-corrected chi connectivity index (χ4v) is 3.44. The second-order valence-corrected chi connectivity index (χ2v) is 8.73. The molecule has 6 nitrogen and oxygen atoms in total. The zero-order valence-corrected chi connectivity index (χ0v) is 18.4. The highest BCUT2D eigenvalue weighted by Gasteiger charge is 2.18. The van der Waals surface area contributed by atoms with Gasteiger partial charge in [0.1, 0.15) is 12.2 Å². The average molecular weight is 415 g/mol. The minimum atomic E-state index is -0.557. The van der Waals surface area contributed by atoms with Crippen molar-refractivity contribution in [2.75, 3.05) is 26.0 Å². The van der Waals surface area contributed by atoms with E-state index in [0.717, 1.165) is 16.2 Å². The summed E-state index contributed by atoms with van der Waals surface area (Å²) in [5, 5.41) is 4.57. The summed E-state index contributed by atoms with van der Waals surface area (Å²) < 4.78 is 10.5. The third-order valence-corrected chi connectivity index (χ3v) is 4.90. The predicted octanol–water partition coefficient (Wildman–Crippen LogP) is 4.87. The molecule has 0 saturated carbocycles.